The van der Waals surface area contributed by atoms with Gasteiger partial charge in [-0.25, -0.2) is 0 Å². The predicted octanol–water partition coefficient (Wildman–Crippen LogP) is 0.694. The lowest BCUT2D eigenvalue weighted by atomic mass is 9.97. The van der Waals surface area contributed by atoms with Crippen LogP contribution in [0.15, 0.2) is 48.2 Å². The molecule has 8 nitrogen and oxygen atoms in total. The third-order valence-electron chi connectivity index (χ3n) is 6.13. The van der Waals surface area contributed by atoms with Crippen molar-refractivity contribution in [2.45, 2.75) is 19.3 Å². The van der Waals surface area contributed by atoms with E-state index >= 15 is 0 Å². The van der Waals surface area contributed by atoms with Crippen LogP contribution in [0.1, 0.15) is 19.3 Å². The second-order valence-electron chi connectivity index (χ2n) is 8.48. The van der Waals surface area contributed by atoms with Crippen LogP contribution in [0.5, 0.6) is 0 Å². The molecule has 0 N–H and O–H groups in total. The molecule has 4 aliphatic heterocycles. The highest BCUT2D eigenvalue weighted by atomic mass is 16.2. The summed E-state index contributed by atoms with van der Waals surface area (Å²) in [7, 11) is 0. The molecule has 4 heterocycles. The zero-order valence-corrected chi connectivity index (χ0v) is 17.6. The Hall–Kier alpha value is -3.00. The Bertz CT molecular complexity index is 852. The molecule has 4 aliphatic rings. The predicted molar refractivity (Wildman–Crippen MR) is 114 cm³/mol. The van der Waals surface area contributed by atoms with Gasteiger partial charge in [0.1, 0.15) is 0 Å². The van der Waals surface area contributed by atoms with Gasteiger partial charge in [-0.15, -0.1) is 0 Å². The molecule has 1 saturated heterocycles. The number of likely N-dealkylation sites (tertiary alicyclic amines) is 1. The van der Waals surface area contributed by atoms with Crippen LogP contribution in [-0.4, -0.2) is 89.0 Å². The highest BCUT2D eigenvalue weighted by Crippen LogP contribution is 2.20. The number of amides is 4. The molecular weight excluding hydrogens is 396 g/mol. The summed E-state index contributed by atoms with van der Waals surface area (Å²) in [5.41, 5.74) is 0.947. The van der Waals surface area contributed by atoms with Gasteiger partial charge >= 0.3 is 0 Å². The van der Waals surface area contributed by atoms with Crippen LogP contribution in [0.4, 0.5) is 0 Å². The minimum Gasteiger partial charge on any atom is -0.373 e. The third-order valence-corrected chi connectivity index (χ3v) is 6.13. The largest absolute Gasteiger partial charge is 0.373 e. The maximum absolute atomic E-state index is 11.8. The Kier molecular flexibility index (Phi) is 6.46. The second-order valence-corrected chi connectivity index (χ2v) is 8.48. The van der Waals surface area contributed by atoms with E-state index in [1.54, 1.807) is 0 Å². The van der Waals surface area contributed by atoms with E-state index < -0.39 is 0 Å². The summed E-state index contributed by atoms with van der Waals surface area (Å²) in [5, 5.41) is 0. The fourth-order valence-corrected chi connectivity index (χ4v) is 4.56. The minimum absolute atomic E-state index is 0.198. The number of rotatable bonds is 8. The Morgan fingerprint density at radius 1 is 0.839 bits per heavy atom. The van der Waals surface area contributed by atoms with Crippen LogP contribution in [0.3, 0.4) is 0 Å². The van der Waals surface area contributed by atoms with Crippen molar-refractivity contribution >= 4 is 23.6 Å². The molecule has 1 fully saturated rings. The zero-order valence-electron chi connectivity index (χ0n) is 17.6. The van der Waals surface area contributed by atoms with Crippen LogP contribution in [0.25, 0.3) is 0 Å². The van der Waals surface area contributed by atoms with Crippen molar-refractivity contribution in [2.24, 2.45) is 5.92 Å². The standard InChI is InChI=1S/C23H28N4O4/c28-20-6-7-21(29)26(20)16-18-4-1-10-24(14-18)12-3-13-25-11-2-5-19(15-25)17-27-22(30)8-9-23(27)31/h1,4,6-9,14,19H,2-3,5,10-13,15-17H2. The van der Waals surface area contributed by atoms with Gasteiger partial charge in [-0.3, -0.25) is 29.0 Å². The number of hydrogen-bond acceptors (Lipinski definition) is 6. The van der Waals surface area contributed by atoms with Crippen LogP contribution in [-0.2, 0) is 19.2 Å². The molecule has 1 unspecified atom stereocenters. The number of nitrogens with zero attached hydrogens (tertiary/aromatic N) is 4. The number of carbonyl (C=O) groups is 4. The van der Waals surface area contributed by atoms with Crippen molar-refractivity contribution in [3.05, 3.63) is 48.2 Å². The summed E-state index contributed by atoms with van der Waals surface area (Å²) < 4.78 is 0. The van der Waals surface area contributed by atoms with Crippen molar-refractivity contribution in [2.75, 3.05) is 45.8 Å². The molecule has 1 atom stereocenters. The second kappa shape index (κ2) is 9.43. The first-order valence-electron chi connectivity index (χ1n) is 10.9. The van der Waals surface area contributed by atoms with Gasteiger partial charge in [-0.05, 0) is 43.8 Å². The molecule has 0 saturated carbocycles. The van der Waals surface area contributed by atoms with E-state index in [-0.39, 0.29) is 23.6 Å². The summed E-state index contributed by atoms with van der Waals surface area (Å²) in [4.78, 5) is 54.4. The van der Waals surface area contributed by atoms with E-state index in [0.29, 0.717) is 19.0 Å². The average Bonchev–Trinajstić information content (AvgIpc) is 3.25. The van der Waals surface area contributed by atoms with E-state index in [2.05, 4.69) is 15.9 Å². The van der Waals surface area contributed by atoms with Crippen LogP contribution in [0.2, 0.25) is 0 Å². The maximum atomic E-state index is 11.8. The topological polar surface area (TPSA) is 81.2 Å². The third kappa shape index (κ3) is 5.19. The van der Waals surface area contributed by atoms with Gasteiger partial charge in [0.2, 0.25) is 0 Å². The molecule has 31 heavy (non-hydrogen) atoms. The first-order valence-corrected chi connectivity index (χ1v) is 10.9. The van der Waals surface area contributed by atoms with E-state index in [1.807, 2.05) is 12.3 Å². The van der Waals surface area contributed by atoms with E-state index in [9.17, 15) is 19.2 Å². The number of carbonyl (C=O) groups excluding carboxylic acids is 4. The lowest BCUT2D eigenvalue weighted by molar-refractivity contribution is -0.138. The van der Waals surface area contributed by atoms with E-state index in [4.69, 9.17) is 0 Å². The number of imide groups is 2. The first-order chi connectivity index (χ1) is 15.0. The monoisotopic (exact) mass is 424 g/mol. The molecule has 8 heteroatoms. The summed E-state index contributed by atoms with van der Waals surface area (Å²) in [6, 6.07) is 0. The summed E-state index contributed by atoms with van der Waals surface area (Å²) >= 11 is 0. The van der Waals surface area contributed by atoms with Crippen molar-refractivity contribution in [3.63, 3.8) is 0 Å². The van der Waals surface area contributed by atoms with Crippen LogP contribution >= 0.6 is 0 Å². The minimum atomic E-state index is -0.260. The lowest BCUT2D eigenvalue weighted by Gasteiger charge is -2.34. The smallest absolute Gasteiger partial charge is 0.253 e. The lowest BCUT2D eigenvalue weighted by Crippen LogP contribution is -2.43. The highest BCUT2D eigenvalue weighted by molar-refractivity contribution is 6.13. The number of hydrogen-bond donors (Lipinski definition) is 0. The molecule has 0 spiro atoms. The molecule has 4 rings (SSSR count). The average molecular weight is 425 g/mol. The molecular formula is C23H28N4O4. The maximum Gasteiger partial charge on any atom is 0.253 e. The van der Waals surface area contributed by atoms with Gasteiger partial charge in [-0.1, -0.05) is 12.2 Å². The van der Waals surface area contributed by atoms with Crippen molar-refractivity contribution in [1.82, 2.24) is 19.6 Å². The van der Waals surface area contributed by atoms with E-state index in [1.165, 1.54) is 34.1 Å². The zero-order chi connectivity index (χ0) is 21.8. The van der Waals surface area contributed by atoms with Gasteiger partial charge in [0.15, 0.2) is 0 Å². The highest BCUT2D eigenvalue weighted by Gasteiger charge is 2.29. The van der Waals surface area contributed by atoms with Gasteiger partial charge in [0.05, 0.1) is 6.54 Å². The Morgan fingerprint density at radius 3 is 2.23 bits per heavy atom. The molecule has 0 aliphatic carbocycles. The quantitative estimate of drug-likeness (QED) is 0.534. The van der Waals surface area contributed by atoms with Crippen LogP contribution < -0.4 is 0 Å². The molecule has 0 bridgehead atoms. The van der Waals surface area contributed by atoms with Gasteiger partial charge in [-0.2, -0.15) is 0 Å². The van der Waals surface area contributed by atoms with Gasteiger partial charge < -0.3 is 9.80 Å². The SMILES string of the molecule is O=C1C=CC(=O)N1CC1=CN(CCCN2CCCC(CN3C(=O)C=CC3=O)C2)CC=C1. The Labute approximate surface area is 182 Å². The Balaban J connectivity index is 1.21. The first kappa shape index (κ1) is 21.2. The normalized spacial score (nSPS) is 24.2. The molecule has 0 aromatic rings. The molecule has 4 amide bonds. The molecule has 164 valence electrons. The number of piperidine rings is 1. The van der Waals surface area contributed by atoms with E-state index in [0.717, 1.165) is 57.6 Å². The Morgan fingerprint density at radius 2 is 1.52 bits per heavy atom. The molecule has 0 radical (unpaired) electrons. The fraction of sp³-hybridized carbons (Fsp3) is 0.478. The fourth-order valence-electron chi connectivity index (χ4n) is 4.56. The summed E-state index contributed by atoms with van der Waals surface area (Å²) in [6.45, 7) is 5.43. The molecule has 0 aromatic heterocycles. The summed E-state index contributed by atoms with van der Waals surface area (Å²) in [5.74, 6) is -0.588. The van der Waals surface area contributed by atoms with Gasteiger partial charge in [0, 0.05) is 56.7 Å². The van der Waals surface area contributed by atoms with Gasteiger partial charge in [0.25, 0.3) is 23.6 Å². The van der Waals surface area contributed by atoms with Crippen LogP contribution in [0, 0.1) is 5.92 Å². The van der Waals surface area contributed by atoms with Crippen molar-refractivity contribution in [1.29, 1.82) is 0 Å². The van der Waals surface area contributed by atoms with Crippen molar-refractivity contribution in [3.8, 4) is 0 Å². The summed E-state index contributed by atoms with van der Waals surface area (Å²) in [6.07, 6.45) is 14.5. The molecule has 0 aromatic carbocycles. The van der Waals surface area contributed by atoms with Crippen molar-refractivity contribution < 1.29 is 19.2 Å².